The van der Waals surface area contributed by atoms with Crippen molar-refractivity contribution in [3.63, 3.8) is 0 Å². The smallest absolute Gasteiger partial charge is 0.252 e. The van der Waals surface area contributed by atoms with Crippen LogP contribution in [0.2, 0.25) is 0 Å². The topological polar surface area (TPSA) is 201 Å². The minimum atomic E-state index is -0.993. The summed E-state index contributed by atoms with van der Waals surface area (Å²) in [4.78, 5) is 47.7. The minimum absolute atomic E-state index is 0.0145. The second-order valence-electron chi connectivity index (χ2n) is 15.3. The van der Waals surface area contributed by atoms with Gasteiger partial charge in [0.1, 0.15) is 19.0 Å². The molecule has 5 atom stereocenters. The zero-order valence-electron chi connectivity index (χ0n) is 33.5. The number of ether oxygens (including phenoxy) is 3. The first kappa shape index (κ1) is 45.6. The number of nitriles is 1. The number of nitrogens with zero attached hydrogens (tertiary/aromatic N) is 3. The number of amides is 3. The highest BCUT2D eigenvalue weighted by molar-refractivity contribution is 5.84. The number of unbranched alkanes of at least 4 members (excludes halogenated alkanes) is 1. The Hall–Kier alpha value is -3.77. The van der Waals surface area contributed by atoms with Crippen molar-refractivity contribution in [1.29, 1.82) is 5.26 Å². The van der Waals surface area contributed by atoms with E-state index in [0.29, 0.717) is 51.1 Å². The number of nitrogens with one attached hydrogen (secondary N) is 3. The number of hydrogen-bond donors (Lipinski definition) is 5. The molecule has 3 amide bonds. The van der Waals surface area contributed by atoms with Crippen LogP contribution in [0.25, 0.3) is 0 Å². The van der Waals surface area contributed by atoms with E-state index in [2.05, 4.69) is 27.9 Å². The van der Waals surface area contributed by atoms with Gasteiger partial charge in [-0.3, -0.25) is 24.7 Å². The maximum absolute atomic E-state index is 14.3. The van der Waals surface area contributed by atoms with Gasteiger partial charge >= 0.3 is 0 Å². The van der Waals surface area contributed by atoms with Crippen LogP contribution in [0, 0.1) is 29.2 Å². The normalized spacial score (nSPS) is 18.5. The number of aliphatic imine (C=N–C) groups is 1. The zero-order valence-corrected chi connectivity index (χ0v) is 33.5. The second kappa shape index (κ2) is 25.4. The average Bonchev–Trinajstić information content (AvgIpc) is 3.19. The third-order valence-corrected chi connectivity index (χ3v) is 10.8. The minimum Gasteiger partial charge on any atom is -0.391 e. The molecule has 2 fully saturated rings. The van der Waals surface area contributed by atoms with Crippen LogP contribution in [0.1, 0.15) is 103 Å². The van der Waals surface area contributed by atoms with Gasteiger partial charge < -0.3 is 40.6 Å². The third-order valence-electron chi connectivity index (χ3n) is 10.8. The number of aliphatic hydroxyl groups excluding tert-OH is 1. The first-order chi connectivity index (χ1) is 26.6. The lowest BCUT2D eigenvalue weighted by Crippen LogP contribution is -2.52. The van der Waals surface area contributed by atoms with Gasteiger partial charge in [-0.25, -0.2) is 0 Å². The molecule has 0 unspecified atom stereocenters. The Balaban J connectivity index is 1.79. The van der Waals surface area contributed by atoms with Crippen molar-refractivity contribution in [1.82, 2.24) is 20.9 Å². The van der Waals surface area contributed by atoms with E-state index in [1.165, 1.54) is 6.42 Å². The molecule has 0 radical (unpaired) electrons. The molecule has 1 aliphatic carbocycles. The highest BCUT2D eigenvalue weighted by Gasteiger charge is 2.36. The summed E-state index contributed by atoms with van der Waals surface area (Å²) in [6.07, 6.45) is 8.80. The number of likely N-dealkylation sites (tertiary alicyclic amines) is 1. The summed E-state index contributed by atoms with van der Waals surface area (Å²) in [5.41, 5.74) is 6.54. The Morgan fingerprint density at radius 1 is 1.05 bits per heavy atom. The number of carbonyl (C=O) groups excluding carboxylic acids is 3. The molecule has 1 saturated carbocycles. The fourth-order valence-corrected chi connectivity index (χ4v) is 7.54. The summed E-state index contributed by atoms with van der Waals surface area (Å²) in [6, 6.07) is 9.10. The first-order valence-corrected chi connectivity index (χ1v) is 20.4. The molecule has 1 heterocycles. The van der Waals surface area contributed by atoms with Crippen LogP contribution in [-0.4, -0.2) is 104 Å². The summed E-state index contributed by atoms with van der Waals surface area (Å²) in [5, 5.41) is 28.8. The maximum atomic E-state index is 14.3. The lowest BCUT2D eigenvalue weighted by atomic mass is 9.81. The van der Waals surface area contributed by atoms with Crippen molar-refractivity contribution in [3.8, 4) is 6.19 Å². The fourth-order valence-electron chi connectivity index (χ4n) is 7.54. The molecule has 6 N–H and O–H groups in total. The summed E-state index contributed by atoms with van der Waals surface area (Å²) in [7, 11) is 1.59. The van der Waals surface area contributed by atoms with Crippen LogP contribution in [0.4, 0.5) is 0 Å². The molecule has 1 aromatic rings. The Bertz CT molecular complexity index is 1340. The van der Waals surface area contributed by atoms with E-state index >= 15 is 0 Å². The number of methoxy groups -OCH3 is 1. The molecule has 55 heavy (non-hydrogen) atoms. The van der Waals surface area contributed by atoms with E-state index in [1.54, 1.807) is 13.3 Å². The molecular formula is C41H67N7O7. The number of hydrogen-bond acceptors (Lipinski definition) is 9. The van der Waals surface area contributed by atoms with E-state index < -0.39 is 30.3 Å². The Labute approximate surface area is 328 Å². The van der Waals surface area contributed by atoms with Gasteiger partial charge in [0.2, 0.25) is 17.8 Å². The molecule has 0 spiro atoms. The van der Waals surface area contributed by atoms with Crippen molar-refractivity contribution in [3.05, 3.63) is 35.9 Å². The van der Waals surface area contributed by atoms with Crippen molar-refractivity contribution in [2.24, 2.45) is 28.5 Å². The largest absolute Gasteiger partial charge is 0.391 e. The van der Waals surface area contributed by atoms with Gasteiger partial charge in [-0.05, 0) is 49.5 Å². The van der Waals surface area contributed by atoms with Crippen molar-refractivity contribution < 1.29 is 33.7 Å². The second-order valence-corrected chi connectivity index (χ2v) is 15.3. The van der Waals surface area contributed by atoms with Gasteiger partial charge in [0.15, 0.2) is 6.19 Å². The molecule has 0 bridgehead atoms. The third kappa shape index (κ3) is 16.5. The van der Waals surface area contributed by atoms with Crippen LogP contribution in [0.15, 0.2) is 35.3 Å². The molecule has 308 valence electrons. The molecular weight excluding hydrogens is 702 g/mol. The maximum Gasteiger partial charge on any atom is 0.252 e. The number of carbonyl (C=O) groups is 3. The lowest BCUT2D eigenvalue weighted by molar-refractivity contribution is -0.157. The summed E-state index contributed by atoms with van der Waals surface area (Å²) >= 11 is 0. The molecule has 0 aromatic heterocycles. The van der Waals surface area contributed by atoms with E-state index in [4.69, 9.17) is 25.2 Å². The standard InChI is InChI=1S/C41H67N7O7/c1-5-6-17-36(55-37(25-31-15-11-8-12-16-31)40(52)48-22-18-32(19-23-48)54-28-53-4)39(51)47-34(24-30-13-9-7-10-14-30)35(49)26-33(29(2)3)38(50)44-20-21-45-41(43)46-27-42/h8,11-12,15-16,29-30,32-37,49H,5-7,9-10,13-14,17-26,28H2,1-4H3,(H,44,50)(H,47,51)(H3,43,45,46)/t33-,34-,35-,36-,37-/m0/s1. The molecule has 1 aliphatic heterocycles. The van der Waals surface area contributed by atoms with Crippen molar-refractivity contribution >= 4 is 23.7 Å². The molecule has 2 aliphatic rings. The Morgan fingerprint density at radius 3 is 2.40 bits per heavy atom. The summed E-state index contributed by atoms with van der Waals surface area (Å²) in [5.74, 6) is -1.03. The Kier molecular flexibility index (Phi) is 21.1. The molecule has 3 rings (SSSR count). The van der Waals surface area contributed by atoms with Gasteiger partial charge in [-0.15, -0.1) is 0 Å². The van der Waals surface area contributed by atoms with Crippen LogP contribution < -0.4 is 21.7 Å². The first-order valence-electron chi connectivity index (χ1n) is 20.4. The molecule has 14 heteroatoms. The highest BCUT2D eigenvalue weighted by Crippen LogP contribution is 2.30. The number of nitrogens with two attached hydrogens (primary N) is 1. The predicted molar refractivity (Wildman–Crippen MR) is 211 cm³/mol. The average molecular weight is 770 g/mol. The monoisotopic (exact) mass is 770 g/mol. The number of benzene rings is 1. The Morgan fingerprint density at radius 2 is 1.76 bits per heavy atom. The molecule has 14 nitrogen and oxygen atoms in total. The van der Waals surface area contributed by atoms with E-state index in [1.807, 2.05) is 49.1 Å². The highest BCUT2D eigenvalue weighted by atomic mass is 16.7. The van der Waals surface area contributed by atoms with Crippen molar-refractivity contribution in [2.75, 3.05) is 40.1 Å². The zero-order chi connectivity index (χ0) is 40.0. The van der Waals surface area contributed by atoms with Gasteiger partial charge in [0.05, 0.1) is 24.8 Å². The van der Waals surface area contributed by atoms with E-state index in [-0.39, 0.29) is 62.0 Å². The lowest BCUT2D eigenvalue weighted by Gasteiger charge is -2.36. The quantitative estimate of drug-likeness (QED) is 0.0273. The van der Waals surface area contributed by atoms with E-state index in [9.17, 15) is 19.5 Å². The van der Waals surface area contributed by atoms with Crippen LogP contribution in [0.3, 0.4) is 0 Å². The molecule has 1 aromatic carbocycles. The predicted octanol–water partition coefficient (Wildman–Crippen LogP) is 3.76. The number of aliphatic hydroxyl groups is 1. The van der Waals surface area contributed by atoms with Crippen LogP contribution in [-0.2, 0) is 35.0 Å². The van der Waals surface area contributed by atoms with Crippen molar-refractivity contribution in [2.45, 2.75) is 135 Å². The summed E-state index contributed by atoms with van der Waals surface area (Å²) in [6.45, 7) is 7.58. The number of rotatable bonds is 23. The summed E-state index contributed by atoms with van der Waals surface area (Å²) < 4.78 is 17.4. The SMILES string of the molecule is CCCC[C@H](O[C@@H](Cc1ccccc1)C(=O)N1CCC(OCOC)CC1)C(=O)N[C@@H](CC1CCCCC1)[C@@H](O)C[C@H](C(=O)NCCN=C(N)NC#N)C(C)C. The van der Waals surface area contributed by atoms with E-state index in [0.717, 1.165) is 44.1 Å². The van der Waals surface area contributed by atoms with Crippen LogP contribution >= 0.6 is 0 Å². The number of guanidine groups is 1. The molecule has 1 saturated heterocycles. The van der Waals surface area contributed by atoms with Gasteiger partial charge in [-0.1, -0.05) is 96.0 Å². The number of piperidine rings is 1. The van der Waals surface area contributed by atoms with Gasteiger partial charge in [0, 0.05) is 39.1 Å². The van der Waals surface area contributed by atoms with Crippen LogP contribution in [0.5, 0.6) is 0 Å². The fraction of sp³-hybridized carbons (Fsp3) is 0.732. The van der Waals surface area contributed by atoms with Gasteiger partial charge in [-0.2, -0.15) is 5.26 Å². The van der Waals surface area contributed by atoms with Gasteiger partial charge in [0.25, 0.3) is 5.91 Å².